The van der Waals surface area contributed by atoms with E-state index < -0.39 is 0 Å². The zero-order valence-corrected chi connectivity index (χ0v) is 14.9. The van der Waals surface area contributed by atoms with Crippen molar-refractivity contribution in [3.05, 3.63) is 54.0 Å². The van der Waals surface area contributed by atoms with Crippen LogP contribution < -0.4 is 0 Å². The highest BCUT2D eigenvalue weighted by Gasteiger charge is 2.20. The Morgan fingerprint density at radius 1 is 0.962 bits per heavy atom. The van der Waals surface area contributed by atoms with E-state index in [-0.39, 0.29) is 0 Å². The molecule has 1 fully saturated rings. The van der Waals surface area contributed by atoms with Crippen molar-refractivity contribution in [3.63, 3.8) is 0 Å². The van der Waals surface area contributed by atoms with Gasteiger partial charge in [-0.05, 0) is 62.0 Å². The average Bonchev–Trinajstić information content (AvgIpc) is 3.34. The number of benzene rings is 1. The summed E-state index contributed by atoms with van der Waals surface area (Å²) < 4.78 is 2.07. The van der Waals surface area contributed by atoms with Gasteiger partial charge in [0.25, 0.3) is 0 Å². The molecule has 0 radical (unpaired) electrons. The molecule has 0 amide bonds. The summed E-state index contributed by atoms with van der Waals surface area (Å²) in [6, 6.07) is 15.5. The van der Waals surface area contributed by atoms with Crippen molar-refractivity contribution in [1.29, 1.82) is 5.26 Å². The maximum atomic E-state index is 8.86. The van der Waals surface area contributed by atoms with E-state index in [1.807, 2.05) is 36.4 Å². The third kappa shape index (κ3) is 3.59. The Morgan fingerprint density at radius 3 is 2.46 bits per heavy atom. The van der Waals surface area contributed by atoms with Crippen molar-refractivity contribution >= 4 is 11.8 Å². The van der Waals surface area contributed by atoms with E-state index in [9.17, 15) is 0 Å². The molecule has 3 heterocycles. The number of likely N-dealkylation sites (tertiary alicyclic amines) is 1. The molecule has 130 valence electrons. The second-order valence-electron chi connectivity index (χ2n) is 6.02. The topological polar surface area (TPSA) is 83.5 Å². The van der Waals surface area contributed by atoms with Crippen LogP contribution in [0.4, 0.5) is 0 Å². The van der Waals surface area contributed by atoms with Crippen LogP contribution in [-0.2, 0) is 6.54 Å². The van der Waals surface area contributed by atoms with Gasteiger partial charge >= 0.3 is 0 Å². The Hall–Kier alpha value is -2.76. The van der Waals surface area contributed by atoms with Gasteiger partial charge < -0.3 is 0 Å². The molecular formula is C18H17N7S. The lowest BCUT2D eigenvalue weighted by Crippen LogP contribution is -2.21. The van der Waals surface area contributed by atoms with Crippen LogP contribution in [0.1, 0.15) is 24.4 Å². The average molecular weight is 363 g/mol. The largest absolute Gasteiger partial charge is 0.296 e. The van der Waals surface area contributed by atoms with Crippen LogP contribution in [0.2, 0.25) is 0 Å². The zero-order chi connectivity index (χ0) is 17.8. The first-order chi connectivity index (χ1) is 12.8. The van der Waals surface area contributed by atoms with Gasteiger partial charge in [-0.15, -0.1) is 20.4 Å². The summed E-state index contributed by atoms with van der Waals surface area (Å²) in [4.78, 5) is 2.40. The Bertz CT molecular complexity index is 909. The van der Waals surface area contributed by atoms with E-state index in [4.69, 9.17) is 5.26 Å². The molecule has 0 unspecified atom stereocenters. The molecule has 0 N–H and O–H groups in total. The summed E-state index contributed by atoms with van der Waals surface area (Å²) in [6.07, 6.45) is 2.48. The number of nitrogens with zero attached hydrogens (tertiary/aromatic N) is 7. The number of hydrogen-bond donors (Lipinski definition) is 0. The normalized spacial score (nSPS) is 14.4. The second-order valence-corrected chi connectivity index (χ2v) is 7.01. The number of hydrogen-bond acceptors (Lipinski definition) is 7. The van der Waals surface area contributed by atoms with Crippen molar-refractivity contribution in [1.82, 2.24) is 29.9 Å². The van der Waals surface area contributed by atoms with Crippen molar-refractivity contribution in [2.75, 3.05) is 13.1 Å². The van der Waals surface area contributed by atoms with Gasteiger partial charge in [-0.25, -0.2) is 0 Å². The van der Waals surface area contributed by atoms with Crippen molar-refractivity contribution in [2.45, 2.75) is 29.6 Å². The van der Waals surface area contributed by atoms with Gasteiger partial charge in [0.1, 0.15) is 11.1 Å². The molecule has 7 nitrogen and oxygen atoms in total. The molecule has 0 saturated carbocycles. The maximum Gasteiger partial charge on any atom is 0.202 e. The van der Waals surface area contributed by atoms with Crippen LogP contribution in [0.5, 0.6) is 0 Å². The quantitative estimate of drug-likeness (QED) is 0.689. The Kier molecular flexibility index (Phi) is 4.91. The molecule has 1 aliphatic rings. The number of para-hydroxylation sites is 1. The van der Waals surface area contributed by atoms with Gasteiger partial charge in [0.2, 0.25) is 5.16 Å². The minimum absolute atomic E-state index is 0.300. The number of aromatic nitrogens is 5. The lowest BCUT2D eigenvalue weighted by molar-refractivity contribution is 0.319. The van der Waals surface area contributed by atoms with Gasteiger partial charge in [0, 0.05) is 5.69 Å². The molecule has 26 heavy (non-hydrogen) atoms. The van der Waals surface area contributed by atoms with E-state index in [0.29, 0.717) is 10.7 Å². The Morgan fingerprint density at radius 2 is 1.77 bits per heavy atom. The minimum atomic E-state index is 0.300. The second kappa shape index (κ2) is 7.64. The van der Waals surface area contributed by atoms with Crippen molar-refractivity contribution in [3.8, 4) is 11.8 Å². The molecule has 1 saturated heterocycles. The SMILES string of the molecule is N#Cc1ccc(Sc2nnc(CN3CCCC3)n2-c2ccccc2)nn1. The summed E-state index contributed by atoms with van der Waals surface area (Å²) in [7, 11) is 0. The predicted molar refractivity (Wildman–Crippen MR) is 96.7 cm³/mol. The molecule has 4 rings (SSSR count). The minimum Gasteiger partial charge on any atom is -0.296 e. The molecule has 1 aliphatic heterocycles. The highest BCUT2D eigenvalue weighted by Crippen LogP contribution is 2.28. The molecule has 0 bridgehead atoms. The van der Waals surface area contributed by atoms with Crippen molar-refractivity contribution < 1.29 is 0 Å². The summed E-state index contributed by atoms with van der Waals surface area (Å²) in [6.45, 7) is 2.98. The van der Waals surface area contributed by atoms with Gasteiger partial charge in [-0.3, -0.25) is 9.47 Å². The van der Waals surface area contributed by atoms with Gasteiger partial charge in [-0.2, -0.15) is 5.26 Å². The Balaban J connectivity index is 1.66. The lowest BCUT2D eigenvalue weighted by Gasteiger charge is -2.15. The summed E-state index contributed by atoms with van der Waals surface area (Å²) >= 11 is 1.39. The van der Waals surface area contributed by atoms with E-state index in [1.165, 1.54) is 24.6 Å². The summed E-state index contributed by atoms with van der Waals surface area (Å²) in [5, 5.41) is 27.1. The van der Waals surface area contributed by atoms with Crippen LogP contribution in [0.3, 0.4) is 0 Å². The van der Waals surface area contributed by atoms with Crippen LogP contribution in [0, 0.1) is 11.3 Å². The van der Waals surface area contributed by atoms with E-state index >= 15 is 0 Å². The highest BCUT2D eigenvalue weighted by atomic mass is 32.2. The first kappa shape index (κ1) is 16.7. The van der Waals surface area contributed by atoms with Gasteiger partial charge in [0.15, 0.2) is 11.5 Å². The fourth-order valence-corrected chi connectivity index (χ4v) is 3.76. The molecule has 1 aromatic carbocycles. The summed E-state index contributed by atoms with van der Waals surface area (Å²) in [5.41, 5.74) is 1.32. The molecular weight excluding hydrogens is 346 g/mol. The zero-order valence-electron chi connectivity index (χ0n) is 14.1. The fraction of sp³-hybridized carbons (Fsp3) is 0.278. The molecule has 2 aromatic heterocycles. The maximum absolute atomic E-state index is 8.86. The molecule has 3 aromatic rings. The van der Waals surface area contributed by atoms with E-state index in [0.717, 1.165) is 36.3 Å². The highest BCUT2D eigenvalue weighted by molar-refractivity contribution is 7.99. The molecule has 0 spiro atoms. The Labute approximate surface area is 155 Å². The first-order valence-corrected chi connectivity index (χ1v) is 9.29. The van der Waals surface area contributed by atoms with Crippen LogP contribution in [-0.4, -0.2) is 43.0 Å². The molecule has 0 atom stereocenters. The van der Waals surface area contributed by atoms with Gasteiger partial charge in [0.05, 0.1) is 6.54 Å². The summed E-state index contributed by atoms with van der Waals surface area (Å²) in [5.74, 6) is 0.919. The molecule has 0 aliphatic carbocycles. The third-order valence-corrected chi connectivity index (χ3v) is 5.10. The van der Waals surface area contributed by atoms with Gasteiger partial charge in [-0.1, -0.05) is 18.2 Å². The predicted octanol–water partition coefficient (Wildman–Crippen LogP) is 2.68. The third-order valence-electron chi connectivity index (χ3n) is 4.23. The fourth-order valence-electron chi connectivity index (χ4n) is 2.97. The van der Waals surface area contributed by atoms with Crippen LogP contribution >= 0.6 is 11.8 Å². The standard InChI is InChI=1S/C18H17N7S/c19-12-14-8-9-17(22-20-14)26-18-23-21-16(13-24-10-4-5-11-24)25(18)15-6-2-1-3-7-15/h1-3,6-9H,4-5,10-11,13H2. The monoisotopic (exact) mass is 363 g/mol. The van der Waals surface area contributed by atoms with E-state index in [2.05, 4.69) is 29.9 Å². The smallest absolute Gasteiger partial charge is 0.202 e. The van der Waals surface area contributed by atoms with Crippen LogP contribution in [0.15, 0.2) is 52.6 Å². The lowest BCUT2D eigenvalue weighted by atomic mass is 10.3. The number of nitriles is 1. The van der Waals surface area contributed by atoms with Crippen LogP contribution in [0.25, 0.3) is 5.69 Å². The van der Waals surface area contributed by atoms with Crippen molar-refractivity contribution in [2.24, 2.45) is 0 Å². The first-order valence-electron chi connectivity index (χ1n) is 8.47. The van der Waals surface area contributed by atoms with E-state index in [1.54, 1.807) is 12.1 Å². The molecule has 8 heteroatoms. The number of rotatable bonds is 5.